The molecule has 1 N–H and O–H groups in total. The van der Waals surface area contributed by atoms with Crippen LogP contribution >= 0.6 is 0 Å². The van der Waals surface area contributed by atoms with Gasteiger partial charge in [-0.25, -0.2) is 0 Å². The van der Waals surface area contributed by atoms with Gasteiger partial charge in [-0.15, -0.1) is 0 Å². The summed E-state index contributed by atoms with van der Waals surface area (Å²) in [5.41, 5.74) is 3.00. The quantitative estimate of drug-likeness (QED) is 0.656. The van der Waals surface area contributed by atoms with Gasteiger partial charge in [0.15, 0.2) is 17.4 Å². The normalized spacial score (nSPS) is 9.86. The largest absolute Gasteiger partial charge is 0.506 e. The predicted octanol–water partition coefficient (Wildman–Crippen LogP) is 1.37. The smallest absolute Gasteiger partial charge is 0.187 e. The fourth-order valence-electron chi connectivity index (χ4n) is 1.62. The van der Waals surface area contributed by atoms with Crippen molar-refractivity contribution in [3.63, 3.8) is 0 Å². The van der Waals surface area contributed by atoms with Crippen molar-refractivity contribution in [3.05, 3.63) is 35.5 Å². The molecule has 2 aromatic rings. The van der Waals surface area contributed by atoms with E-state index < -0.39 is 0 Å². The number of hydrogen-bond acceptors (Lipinski definition) is 2. The molecule has 0 radical (unpaired) electrons. The van der Waals surface area contributed by atoms with Gasteiger partial charge < -0.3 is 5.11 Å². The Kier molecular flexibility index (Phi) is 3.15. The van der Waals surface area contributed by atoms with Crippen molar-refractivity contribution in [1.29, 1.82) is 0 Å². The molecular formula is C11H14AlNO. The molecule has 0 atom stereocenters. The molecule has 0 amide bonds. The molecule has 1 aromatic heterocycles. The van der Waals surface area contributed by atoms with Crippen LogP contribution in [0.3, 0.4) is 0 Å². The summed E-state index contributed by atoms with van der Waals surface area (Å²) in [5.74, 6) is 0.254. The van der Waals surface area contributed by atoms with Crippen molar-refractivity contribution >= 4 is 28.3 Å². The summed E-state index contributed by atoms with van der Waals surface area (Å²) in [6.45, 7) is 4.05. The maximum Gasteiger partial charge on any atom is 0.187 e. The first kappa shape index (κ1) is 11.0. The van der Waals surface area contributed by atoms with E-state index in [0.29, 0.717) is 5.52 Å². The van der Waals surface area contributed by atoms with Gasteiger partial charge in [0.05, 0.1) is 0 Å². The first-order valence-corrected chi connectivity index (χ1v) is 4.24. The minimum atomic E-state index is 0. The van der Waals surface area contributed by atoms with Crippen molar-refractivity contribution in [1.82, 2.24) is 4.98 Å². The van der Waals surface area contributed by atoms with Gasteiger partial charge in [-0.3, -0.25) is 4.98 Å². The molecule has 0 bridgehead atoms. The van der Waals surface area contributed by atoms with E-state index in [1.54, 1.807) is 12.3 Å². The van der Waals surface area contributed by atoms with Crippen LogP contribution in [0.15, 0.2) is 24.4 Å². The highest BCUT2D eigenvalue weighted by Gasteiger charge is 2.04. The van der Waals surface area contributed by atoms with Crippen LogP contribution in [0.4, 0.5) is 0 Å². The van der Waals surface area contributed by atoms with E-state index in [1.165, 1.54) is 0 Å². The van der Waals surface area contributed by atoms with Crippen LogP contribution in [-0.2, 0) is 0 Å². The highest BCUT2D eigenvalue weighted by atomic mass is 27.0. The molecule has 0 aliphatic rings. The number of aromatic hydroxyl groups is 1. The number of fused-ring (bicyclic) bond motifs is 1. The van der Waals surface area contributed by atoms with Gasteiger partial charge in [-0.1, -0.05) is 6.07 Å². The monoisotopic (exact) mass is 203 g/mol. The second-order valence-electron chi connectivity index (χ2n) is 3.25. The topological polar surface area (TPSA) is 33.1 Å². The van der Waals surface area contributed by atoms with E-state index in [-0.39, 0.29) is 23.1 Å². The Morgan fingerprint density at radius 1 is 1.07 bits per heavy atom. The summed E-state index contributed by atoms with van der Waals surface area (Å²) in [7, 11) is 0. The van der Waals surface area contributed by atoms with Gasteiger partial charge in [0, 0.05) is 11.6 Å². The van der Waals surface area contributed by atoms with E-state index in [0.717, 1.165) is 16.5 Å². The van der Waals surface area contributed by atoms with E-state index in [9.17, 15) is 5.11 Å². The summed E-state index contributed by atoms with van der Waals surface area (Å²) in [5, 5.41) is 10.6. The van der Waals surface area contributed by atoms with Crippen LogP contribution < -0.4 is 0 Å². The zero-order valence-electron chi connectivity index (χ0n) is 7.70. The molecule has 1 aromatic carbocycles. The number of rotatable bonds is 0. The number of nitrogens with zero attached hydrogens (tertiary/aromatic N) is 1. The van der Waals surface area contributed by atoms with Crippen LogP contribution in [-0.4, -0.2) is 27.5 Å². The summed E-state index contributed by atoms with van der Waals surface area (Å²) >= 11 is 0. The van der Waals surface area contributed by atoms with Crippen LogP contribution in [0.1, 0.15) is 11.1 Å². The third-order valence-electron chi connectivity index (χ3n) is 2.29. The summed E-state index contributed by atoms with van der Waals surface area (Å²) in [6.07, 6.45) is 1.72. The SMILES string of the molecule is Cc1ccnc2c(O)ccc(C)c12.[AlH3]. The molecule has 2 nitrogen and oxygen atoms in total. The summed E-state index contributed by atoms with van der Waals surface area (Å²) in [6, 6.07) is 5.55. The highest BCUT2D eigenvalue weighted by Crippen LogP contribution is 2.27. The summed E-state index contributed by atoms with van der Waals surface area (Å²) < 4.78 is 0. The zero-order valence-corrected chi connectivity index (χ0v) is 7.70. The van der Waals surface area contributed by atoms with Crippen molar-refractivity contribution in [2.45, 2.75) is 13.8 Å². The number of phenolic OH excluding ortho intramolecular Hbond substituents is 1. The molecule has 1 heterocycles. The van der Waals surface area contributed by atoms with Gasteiger partial charge in [0.25, 0.3) is 0 Å². The Morgan fingerprint density at radius 2 is 1.71 bits per heavy atom. The van der Waals surface area contributed by atoms with Crippen LogP contribution in [0.2, 0.25) is 0 Å². The lowest BCUT2D eigenvalue weighted by Crippen LogP contribution is -1.86. The van der Waals surface area contributed by atoms with E-state index in [4.69, 9.17) is 0 Å². The zero-order chi connectivity index (χ0) is 9.42. The first-order valence-electron chi connectivity index (χ1n) is 4.24. The molecule has 0 spiro atoms. The molecule has 3 heteroatoms. The number of aromatic nitrogens is 1. The third-order valence-corrected chi connectivity index (χ3v) is 2.29. The first-order chi connectivity index (χ1) is 6.20. The maximum atomic E-state index is 9.56. The minimum Gasteiger partial charge on any atom is -0.506 e. The molecule has 72 valence electrons. The average Bonchev–Trinajstić information content (AvgIpc) is 2.12. The average molecular weight is 203 g/mol. The van der Waals surface area contributed by atoms with Gasteiger partial charge in [0.2, 0.25) is 0 Å². The van der Waals surface area contributed by atoms with Crippen LogP contribution in [0.25, 0.3) is 10.9 Å². The maximum absolute atomic E-state index is 9.56. The Bertz CT molecular complexity index is 460. The fourth-order valence-corrected chi connectivity index (χ4v) is 1.62. The lowest BCUT2D eigenvalue weighted by atomic mass is 10.0. The Hall–Kier alpha value is -1.04. The second-order valence-corrected chi connectivity index (χ2v) is 3.25. The van der Waals surface area contributed by atoms with Gasteiger partial charge in [0.1, 0.15) is 11.3 Å². The van der Waals surface area contributed by atoms with Gasteiger partial charge in [-0.2, -0.15) is 0 Å². The minimum absolute atomic E-state index is 0. The lowest BCUT2D eigenvalue weighted by Gasteiger charge is -2.05. The van der Waals surface area contributed by atoms with Crippen molar-refractivity contribution < 1.29 is 5.11 Å². The molecule has 0 aliphatic heterocycles. The number of pyridine rings is 1. The molecule has 0 fully saturated rings. The van der Waals surface area contributed by atoms with Crippen LogP contribution in [0, 0.1) is 13.8 Å². The Balaban J connectivity index is 0.000000980. The molecular weight excluding hydrogens is 189 g/mol. The second kappa shape index (κ2) is 4.00. The molecule has 0 saturated carbocycles. The van der Waals surface area contributed by atoms with Crippen molar-refractivity contribution in [3.8, 4) is 5.75 Å². The number of hydrogen-bond donors (Lipinski definition) is 1. The molecule has 14 heavy (non-hydrogen) atoms. The highest BCUT2D eigenvalue weighted by molar-refractivity contribution is 5.89. The van der Waals surface area contributed by atoms with E-state index in [2.05, 4.69) is 4.98 Å². The molecule has 0 saturated heterocycles. The number of aryl methyl sites for hydroxylation is 2. The van der Waals surface area contributed by atoms with E-state index >= 15 is 0 Å². The predicted molar refractivity (Wildman–Crippen MR) is 62.8 cm³/mol. The van der Waals surface area contributed by atoms with E-state index in [1.807, 2.05) is 26.0 Å². The van der Waals surface area contributed by atoms with Gasteiger partial charge in [-0.05, 0) is 37.1 Å². The lowest BCUT2D eigenvalue weighted by molar-refractivity contribution is 0.480. The number of phenols is 1. The summed E-state index contributed by atoms with van der Waals surface area (Å²) in [4.78, 5) is 4.15. The Labute approximate surface area is 93.7 Å². The fraction of sp³-hybridized carbons (Fsp3) is 0.182. The Morgan fingerprint density at radius 3 is 2.36 bits per heavy atom. The van der Waals surface area contributed by atoms with Crippen molar-refractivity contribution in [2.75, 3.05) is 0 Å². The standard InChI is InChI=1S/C11H11NO.Al.3H/c1-7-3-4-9(13)11-10(7)8(2)5-6-12-11;;;;/h3-6,13H,1-2H3;;;;. The van der Waals surface area contributed by atoms with Crippen molar-refractivity contribution in [2.24, 2.45) is 0 Å². The molecule has 2 rings (SSSR count). The molecule has 0 aliphatic carbocycles. The van der Waals surface area contributed by atoms with Crippen LogP contribution in [0.5, 0.6) is 5.75 Å². The van der Waals surface area contributed by atoms with Gasteiger partial charge >= 0.3 is 0 Å². The molecule has 0 unspecified atom stereocenters. The number of benzene rings is 1. The third kappa shape index (κ3) is 1.61.